The summed E-state index contributed by atoms with van der Waals surface area (Å²) >= 11 is 0. The van der Waals surface area contributed by atoms with Crippen molar-refractivity contribution in [2.24, 2.45) is 0 Å². The van der Waals surface area contributed by atoms with Crippen LogP contribution in [0.2, 0.25) is 0 Å². The minimum atomic E-state index is -4.79. The highest BCUT2D eigenvalue weighted by atomic mass is 19.4. The lowest BCUT2D eigenvalue weighted by Crippen LogP contribution is -2.49. The molecule has 2 aliphatic rings. The van der Waals surface area contributed by atoms with Gasteiger partial charge < -0.3 is 14.9 Å². The van der Waals surface area contributed by atoms with Crippen molar-refractivity contribution in [2.75, 3.05) is 20.6 Å². The van der Waals surface area contributed by atoms with Crippen LogP contribution in [0.4, 0.5) is 13.2 Å². The van der Waals surface area contributed by atoms with Crippen LogP contribution in [-0.2, 0) is 11.0 Å². The molecular weight excluding hydrogens is 453 g/mol. The number of nitrogens with zero attached hydrogens (tertiary/aromatic N) is 2. The number of rotatable bonds is 7. The van der Waals surface area contributed by atoms with Gasteiger partial charge in [0.2, 0.25) is 0 Å². The zero-order chi connectivity index (χ0) is 25.4. The van der Waals surface area contributed by atoms with E-state index in [0.29, 0.717) is 5.56 Å². The van der Waals surface area contributed by atoms with Crippen LogP contribution in [0.25, 0.3) is 0 Å². The van der Waals surface area contributed by atoms with Gasteiger partial charge in [0.25, 0.3) is 5.91 Å². The van der Waals surface area contributed by atoms with Crippen LogP contribution in [0.1, 0.15) is 66.9 Å². The number of likely N-dealkylation sites (N-methyl/N-ethyl adjacent to an activating group) is 1. The fourth-order valence-electron chi connectivity index (χ4n) is 5.60. The Bertz CT molecular complexity index is 1010. The molecule has 0 bridgehead atoms. The van der Waals surface area contributed by atoms with E-state index in [1.54, 1.807) is 0 Å². The van der Waals surface area contributed by atoms with Gasteiger partial charge >= 0.3 is 6.18 Å². The van der Waals surface area contributed by atoms with E-state index in [1.807, 2.05) is 11.0 Å². The van der Waals surface area contributed by atoms with Crippen molar-refractivity contribution in [3.8, 4) is 0 Å². The summed E-state index contributed by atoms with van der Waals surface area (Å²) in [6, 6.07) is 16.2. The minimum absolute atomic E-state index is 0.0460. The standard InChI is InChI=1S/C28H35F3N2O2/c1-26(35,28(29,30)31)21-11-9-20(10-12-21)25(34)33(23-13-14-23)24-15-17-27(18-16-24,19-32(2)3)22-7-5-4-6-8-22/h4-12,23-24,35H,13-19H2,1-3H3/t24-,26-,27+/m0/s1. The van der Waals surface area contributed by atoms with E-state index in [2.05, 4.69) is 43.3 Å². The molecule has 0 aliphatic heterocycles. The molecule has 0 saturated heterocycles. The summed E-state index contributed by atoms with van der Waals surface area (Å²) in [6.07, 6.45) is 0.874. The number of halogens is 3. The van der Waals surface area contributed by atoms with E-state index in [1.165, 1.54) is 29.8 Å². The van der Waals surface area contributed by atoms with Crippen LogP contribution in [-0.4, -0.2) is 59.7 Å². The fourth-order valence-corrected chi connectivity index (χ4v) is 5.60. The summed E-state index contributed by atoms with van der Waals surface area (Å²) in [5, 5.41) is 9.94. The predicted molar refractivity (Wildman–Crippen MR) is 130 cm³/mol. The van der Waals surface area contributed by atoms with Crippen molar-refractivity contribution in [3.05, 3.63) is 71.3 Å². The first-order chi connectivity index (χ1) is 16.4. The Morgan fingerprint density at radius 1 is 0.943 bits per heavy atom. The first kappa shape index (κ1) is 25.7. The van der Waals surface area contributed by atoms with Crippen molar-refractivity contribution in [1.29, 1.82) is 0 Å². The zero-order valence-corrected chi connectivity index (χ0v) is 20.7. The second kappa shape index (κ2) is 9.58. The molecule has 7 heteroatoms. The van der Waals surface area contributed by atoms with Gasteiger partial charge in [-0.05, 0) is 82.8 Å². The second-order valence-electron chi connectivity index (χ2n) is 10.7. The Labute approximate surface area is 205 Å². The molecule has 0 unspecified atom stereocenters. The third-order valence-corrected chi connectivity index (χ3v) is 7.73. The molecule has 4 nitrogen and oxygen atoms in total. The fraction of sp³-hybridized carbons (Fsp3) is 0.536. The topological polar surface area (TPSA) is 43.8 Å². The number of hydrogen-bond donors (Lipinski definition) is 1. The van der Waals surface area contributed by atoms with Crippen LogP contribution in [0.3, 0.4) is 0 Å². The van der Waals surface area contributed by atoms with Crippen LogP contribution in [0, 0.1) is 0 Å². The normalized spacial score (nSPS) is 24.7. The van der Waals surface area contributed by atoms with Crippen molar-refractivity contribution in [1.82, 2.24) is 9.80 Å². The van der Waals surface area contributed by atoms with E-state index >= 15 is 0 Å². The molecule has 1 N–H and O–H groups in total. The molecule has 1 amide bonds. The third kappa shape index (κ3) is 5.26. The average Bonchev–Trinajstić information content (AvgIpc) is 3.65. The van der Waals surface area contributed by atoms with Gasteiger partial charge in [0.05, 0.1) is 0 Å². The number of carbonyl (C=O) groups is 1. The van der Waals surface area contributed by atoms with Crippen LogP contribution >= 0.6 is 0 Å². The highest BCUT2D eigenvalue weighted by molar-refractivity contribution is 5.95. The number of alkyl halides is 3. The summed E-state index contributed by atoms with van der Waals surface area (Å²) in [4.78, 5) is 17.7. The second-order valence-corrected chi connectivity index (χ2v) is 10.7. The Hall–Kier alpha value is -2.38. The van der Waals surface area contributed by atoms with Gasteiger partial charge in [0, 0.05) is 29.6 Å². The molecule has 2 aromatic carbocycles. The highest BCUT2D eigenvalue weighted by Gasteiger charge is 2.51. The molecule has 0 heterocycles. The van der Waals surface area contributed by atoms with Crippen molar-refractivity contribution in [2.45, 2.75) is 74.7 Å². The van der Waals surface area contributed by atoms with Crippen molar-refractivity contribution >= 4 is 5.91 Å². The van der Waals surface area contributed by atoms with E-state index < -0.39 is 11.8 Å². The largest absolute Gasteiger partial charge is 0.421 e. The number of amides is 1. The lowest BCUT2D eigenvalue weighted by molar-refractivity contribution is -0.258. The molecule has 4 rings (SSSR count). The maximum Gasteiger partial charge on any atom is 0.421 e. The Kier molecular flexibility index (Phi) is 7.04. The third-order valence-electron chi connectivity index (χ3n) is 7.73. The zero-order valence-electron chi connectivity index (χ0n) is 20.7. The van der Waals surface area contributed by atoms with Crippen molar-refractivity contribution in [3.63, 3.8) is 0 Å². The maximum atomic E-state index is 13.5. The number of hydrogen-bond acceptors (Lipinski definition) is 3. The number of benzene rings is 2. The lowest BCUT2D eigenvalue weighted by Gasteiger charge is -2.45. The molecular formula is C28H35F3N2O2. The summed E-state index contributed by atoms with van der Waals surface area (Å²) in [7, 11) is 4.19. The van der Waals surface area contributed by atoms with Crippen LogP contribution in [0.15, 0.2) is 54.6 Å². The van der Waals surface area contributed by atoms with Crippen LogP contribution < -0.4 is 0 Å². The first-order valence-corrected chi connectivity index (χ1v) is 12.4. The first-order valence-electron chi connectivity index (χ1n) is 12.4. The van der Waals surface area contributed by atoms with Gasteiger partial charge in [-0.3, -0.25) is 4.79 Å². The quantitative estimate of drug-likeness (QED) is 0.560. The van der Waals surface area contributed by atoms with Gasteiger partial charge in [-0.15, -0.1) is 0 Å². The molecule has 2 aliphatic carbocycles. The van der Waals surface area contributed by atoms with Crippen molar-refractivity contribution < 1.29 is 23.1 Å². The van der Waals surface area contributed by atoms with Gasteiger partial charge in [-0.2, -0.15) is 13.2 Å². The Balaban J connectivity index is 1.52. The molecule has 2 fully saturated rings. The molecule has 35 heavy (non-hydrogen) atoms. The van der Waals surface area contributed by atoms with Gasteiger partial charge in [-0.1, -0.05) is 42.5 Å². The SMILES string of the molecule is CN(C)C[C@]1(c2ccccc2)CC[C@@H](N(C(=O)c2ccc([C@](C)(O)C(F)(F)F)cc2)C2CC2)CC1. The molecule has 2 aromatic rings. The van der Waals surface area contributed by atoms with E-state index in [-0.39, 0.29) is 29.0 Å². The Morgan fingerprint density at radius 2 is 1.49 bits per heavy atom. The lowest BCUT2D eigenvalue weighted by atomic mass is 9.67. The van der Waals surface area contributed by atoms with E-state index in [0.717, 1.165) is 52.0 Å². The number of aliphatic hydroxyl groups is 1. The average molecular weight is 489 g/mol. The summed E-state index contributed by atoms with van der Waals surface area (Å²) in [5.41, 5.74) is -1.48. The van der Waals surface area contributed by atoms with Gasteiger partial charge in [0.15, 0.2) is 5.60 Å². The van der Waals surface area contributed by atoms with Gasteiger partial charge in [0.1, 0.15) is 0 Å². The smallest absolute Gasteiger partial charge is 0.376 e. The van der Waals surface area contributed by atoms with E-state index in [9.17, 15) is 23.1 Å². The molecule has 1 atom stereocenters. The molecule has 0 aromatic heterocycles. The maximum absolute atomic E-state index is 13.5. The van der Waals surface area contributed by atoms with Crippen LogP contribution in [0.5, 0.6) is 0 Å². The minimum Gasteiger partial charge on any atom is -0.376 e. The molecule has 0 spiro atoms. The predicted octanol–water partition coefficient (Wildman–Crippen LogP) is 5.50. The molecule has 0 radical (unpaired) electrons. The molecule has 2 saturated carbocycles. The number of carbonyl (C=O) groups excluding carboxylic acids is 1. The Morgan fingerprint density at radius 3 is 1.97 bits per heavy atom. The highest BCUT2D eigenvalue weighted by Crippen LogP contribution is 2.44. The summed E-state index contributed by atoms with van der Waals surface area (Å²) in [5.74, 6) is -0.129. The van der Waals surface area contributed by atoms with E-state index in [4.69, 9.17) is 0 Å². The molecule has 190 valence electrons. The monoisotopic (exact) mass is 488 g/mol. The summed E-state index contributed by atoms with van der Waals surface area (Å²) in [6.45, 7) is 1.68. The summed E-state index contributed by atoms with van der Waals surface area (Å²) < 4.78 is 39.6. The van der Waals surface area contributed by atoms with Gasteiger partial charge in [-0.25, -0.2) is 0 Å².